The van der Waals surface area contributed by atoms with Crippen LogP contribution in [-0.2, 0) is 10.3 Å². The summed E-state index contributed by atoms with van der Waals surface area (Å²) < 4.78 is 20.1. The Labute approximate surface area is 160 Å². The number of hydrogen-bond acceptors (Lipinski definition) is 5. The Hall–Kier alpha value is -2.67. The lowest BCUT2D eigenvalue weighted by atomic mass is 9.76. The minimum Gasteiger partial charge on any atom is -0.465 e. The second-order valence-corrected chi connectivity index (χ2v) is 7.54. The molecule has 1 aromatic carbocycles. The van der Waals surface area contributed by atoms with Gasteiger partial charge in [-0.15, -0.1) is 0 Å². The summed E-state index contributed by atoms with van der Waals surface area (Å²) in [6.45, 7) is 2.27. The number of anilines is 1. The molecule has 0 bridgehead atoms. The first-order valence-corrected chi connectivity index (χ1v) is 8.92. The van der Waals surface area contributed by atoms with Crippen molar-refractivity contribution in [3.63, 3.8) is 0 Å². The fraction of sp³-hybridized carbons (Fsp3) is 0.316. The van der Waals surface area contributed by atoms with E-state index in [9.17, 15) is 9.18 Å². The van der Waals surface area contributed by atoms with Gasteiger partial charge < -0.3 is 15.8 Å². The summed E-state index contributed by atoms with van der Waals surface area (Å²) in [6, 6.07) is 7.58. The number of carbonyl (C=O) groups is 1. The monoisotopic (exact) mass is 388 g/mol. The Kier molecular flexibility index (Phi) is 4.07. The lowest BCUT2D eigenvalue weighted by Gasteiger charge is -2.38. The Morgan fingerprint density at radius 3 is 2.78 bits per heavy atom. The highest BCUT2D eigenvalue weighted by atomic mass is 35.5. The fourth-order valence-electron chi connectivity index (χ4n) is 3.53. The number of aromatic nitrogens is 1. The van der Waals surface area contributed by atoms with Crippen LogP contribution in [0.2, 0.25) is 5.02 Å². The van der Waals surface area contributed by atoms with Crippen LogP contribution in [0.15, 0.2) is 41.5 Å². The standard InChI is InChI=1S/C19H18ClFN4O2/c1-18(19(6-7-19)10-27-17(22)25-18)13-8-12(3-4-14(13)21)24-16(26)15-5-2-11(20)9-23-15/h2-5,8-9H,6-7,10H2,1H3,(H2,22,25)(H,24,26)/t18-/m1/s1. The molecule has 1 fully saturated rings. The van der Waals surface area contributed by atoms with E-state index in [-0.39, 0.29) is 17.1 Å². The van der Waals surface area contributed by atoms with Crippen LogP contribution < -0.4 is 11.1 Å². The van der Waals surface area contributed by atoms with Crippen molar-refractivity contribution in [2.75, 3.05) is 11.9 Å². The molecule has 1 spiro atoms. The molecule has 1 amide bonds. The van der Waals surface area contributed by atoms with Gasteiger partial charge in [0.1, 0.15) is 17.1 Å². The molecule has 2 aliphatic rings. The molecule has 1 aliphatic carbocycles. The zero-order chi connectivity index (χ0) is 19.2. The van der Waals surface area contributed by atoms with E-state index in [1.165, 1.54) is 24.4 Å². The molecule has 0 saturated heterocycles. The highest BCUT2D eigenvalue weighted by Gasteiger charge is 2.61. The number of carbonyl (C=O) groups excluding carboxylic acids is 1. The number of benzene rings is 1. The van der Waals surface area contributed by atoms with Gasteiger partial charge in [-0.25, -0.2) is 14.4 Å². The molecule has 140 valence electrons. The number of hydrogen-bond donors (Lipinski definition) is 2. The maximum Gasteiger partial charge on any atom is 0.282 e. The van der Waals surface area contributed by atoms with Crippen molar-refractivity contribution in [1.82, 2.24) is 4.98 Å². The topological polar surface area (TPSA) is 89.6 Å². The average Bonchev–Trinajstić information content (AvgIpc) is 3.42. The van der Waals surface area contributed by atoms with E-state index in [1.807, 2.05) is 6.92 Å². The van der Waals surface area contributed by atoms with Gasteiger partial charge in [-0.2, -0.15) is 0 Å². The van der Waals surface area contributed by atoms with E-state index in [4.69, 9.17) is 22.1 Å². The normalized spacial score (nSPS) is 22.7. The maximum atomic E-state index is 14.7. The first-order chi connectivity index (χ1) is 12.8. The van der Waals surface area contributed by atoms with Crippen LogP contribution in [0.3, 0.4) is 0 Å². The molecule has 4 rings (SSSR count). The van der Waals surface area contributed by atoms with Gasteiger partial charge in [0.05, 0.1) is 11.6 Å². The second-order valence-electron chi connectivity index (χ2n) is 7.10. The van der Waals surface area contributed by atoms with E-state index in [1.54, 1.807) is 12.1 Å². The molecular weight excluding hydrogens is 371 g/mol. The van der Waals surface area contributed by atoms with Gasteiger partial charge in [0.2, 0.25) is 0 Å². The van der Waals surface area contributed by atoms with Gasteiger partial charge in [-0.05, 0) is 50.1 Å². The predicted molar refractivity (Wildman–Crippen MR) is 100 cm³/mol. The van der Waals surface area contributed by atoms with Gasteiger partial charge in [-0.1, -0.05) is 11.6 Å². The highest BCUT2D eigenvalue weighted by molar-refractivity contribution is 6.30. The maximum absolute atomic E-state index is 14.7. The van der Waals surface area contributed by atoms with Gasteiger partial charge >= 0.3 is 0 Å². The van der Waals surface area contributed by atoms with Crippen LogP contribution in [0.4, 0.5) is 10.1 Å². The van der Waals surface area contributed by atoms with Crippen LogP contribution in [-0.4, -0.2) is 23.5 Å². The highest BCUT2D eigenvalue weighted by Crippen LogP contribution is 2.62. The minimum absolute atomic E-state index is 0.0502. The molecule has 3 N–H and O–H groups in total. The zero-order valence-electron chi connectivity index (χ0n) is 14.6. The number of amides is 1. The molecule has 0 unspecified atom stereocenters. The second kappa shape index (κ2) is 6.20. The fourth-order valence-corrected chi connectivity index (χ4v) is 3.64. The van der Waals surface area contributed by atoms with E-state index in [0.29, 0.717) is 22.9 Å². The van der Waals surface area contributed by atoms with Crippen LogP contribution in [0, 0.1) is 11.2 Å². The van der Waals surface area contributed by atoms with Crippen molar-refractivity contribution in [3.8, 4) is 0 Å². The number of halogens is 2. The summed E-state index contributed by atoms with van der Waals surface area (Å²) in [5.41, 5.74) is 5.70. The van der Waals surface area contributed by atoms with Gasteiger partial charge in [-0.3, -0.25) is 4.79 Å². The largest absolute Gasteiger partial charge is 0.465 e. The summed E-state index contributed by atoms with van der Waals surface area (Å²) in [7, 11) is 0. The van der Waals surface area contributed by atoms with Crippen LogP contribution in [0.25, 0.3) is 0 Å². The lowest BCUT2D eigenvalue weighted by Crippen LogP contribution is -2.43. The molecule has 1 aliphatic heterocycles. The average molecular weight is 389 g/mol. The summed E-state index contributed by atoms with van der Waals surface area (Å²) >= 11 is 5.79. The number of nitrogens with zero attached hydrogens (tertiary/aromatic N) is 2. The van der Waals surface area contributed by atoms with Crippen molar-refractivity contribution in [2.45, 2.75) is 25.3 Å². The Bertz CT molecular complexity index is 943. The zero-order valence-corrected chi connectivity index (χ0v) is 15.4. The Morgan fingerprint density at radius 2 is 2.11 bits per heavy atom. The molecule has 2 aromatic rings. The predicted octanol–water partition coefficient (Wildman–Crippen LogP) is 3.47. The van der Waals surface area contributed by atoms with Crippen molar-refractivity contribution in [1.29, 1.82) is 0 Å². The van der Waals surface area contributed by atoms with Crippen molar-refractivity contribution in [3.05, 3.63) is 58.6 Å². The van der Waals surface area contributed by atoms with Gasteiger partial charge in [0, 0.05) is 22.9 Å². The Balaban J connectivity index is 1.67. The van der Waals surface area contributed by atoms with Crippen molar-refractivity contribution >= 4 is 29.2 Å². The molecule has 1 aromatic heterocycles. The number of pyridine rings is 1. The molecule has 8 heteroatoms. The molecular formula is C19H18ClFN4O2. The molecule has 27 heavy (non-hydrogen) atoms. The first-order valence-electron chi connectivity index (χ1n) is 8.54. The molecule has 2 heterocycles. The van der Waals surface area contributed by atoms with E-state index >= 15 is 0 Å². The molecule has 1 saturated carbocycles. The molecule has 1 atom stereocenters. The SMILES string of the molecule is C[C@]1(c2cc(NC(=O)c3ccc(Cl)cn3)ccc2F)N=C(N)OCC12CC2. The third-order valence-corrected chi connectivity index (χ3v) is 5.65. The van der Waals surface area contributed by atoms with Gasteiger partial charge in [0.15, 0.2) is 0 Å². The van der Waals surface area contributed by atoms with Gasteiger partial charge in [0.25, 0.3) is 11.9 Å². The number of ether oxygens (including phenoxy) is 1. The Morgan fingerprint density at radius 1 is 1.33 bits per heavy atom. The third kappa shape index (κ3) is 3.02. The van der Waals surface area contributed by atoms with Crippen LogP contribution in [0.1, 0.15) is 35.8 Å². The summed E-state index contributed by atoms with van der Waals surface area (Å²) in [6.07, 6.45) is 3.15. The van der Waals surface area contributed by atoms with E-state index < -0.39 is 17.3 Å². The quantitative estimate of drug-likeness (QED) is 0.842. The third-order valence-electron chi connectivity index (χ3n) is 5.43. The molecule has 6 nitrogen and oxygen atoms in total. The smallest absolute Gasteiger partial charge is 0.282 e. The lowest BCUT2D eigenvalue weighted by molar-refractivity contribution is 0.102. The van der Waals surface area contributed by atoms with Crippen molar-refractivity contribution in [2.24, 2.45) is 16.1 Å². The summed E-state index contributed by atoms with van der Waals surface area (Å²) in [5.74, 6) is -0.810. The van der Waals surface area contributed by atoms with Crippen molar-refractivity contribution < 1.29 is 13.9 Å². The number of nitrogens with two attached hydrogens (primary N) is 1. The van der Waals surface area contributed by atoms with Crippen LogP contribution >= 0.6 is 11.6 Å². The molecule has 0 radical (unpaired) electrons. The first kappa shape index (κ1) is 17.7. The van der Waals surface area contributed by atoms with Crippen LogP contribution in [0.5, 0.6) is 0 Å². The summed E-state index contributed by atoms with van der Waals surface area (Å²) in [5, 5.41) is 3.18. The number of aliphatic imine (C=N–C) groups is 1. The summed E-state index contributed by atoms with van der Waals surface area (Å²) in [4.78, 5) is 20.8. The van der Waals surface area contributed by atoms with E-state index in [2.05, 4.69) is 15.3 Å². The number of nitrogens with one attached hydrogen (secondary N) is 1. The number of amidine groups is 1. The minimum atomic E-state index is -0.849. The number of rotatable bonds is 3. The van der Waals surface area contributed by atoms with E-state index in [0.717, 1.165) is 12.8 Å².